The first-order chi connectivity index (χ1) is 8.38. The quantitative estimate of drug-likeness (QED) is 0.544. The largest absolute Gasteiger partial charge is 0.118 e. The van der Waals surface area contributed by atoms with E-state index in [2.05, 4.69) is 61.2 Å². The van der Waals surface area contributed by atoms with E-state index in [4.69, 9.17) is 0 Å². The minimum atomic E-state index is 0.430. The summed E-state index contributed by atoms with van der Waals surface area (Å²) in [4.78, 5) is 1.30. The van der Waals surface area contributed by atoms with E-state index in [1.54, 1.807) is 0 Å². The highest BCUT2D eigenvalue weighted by molar-refractivity contribution is 8.00. The Bertz CT molecular complexity index is 406. The van der Waals surface area contributed by atoms with Gasteiger partial charge in [0.2, 0.25) is 0 Å². The molecule has 86 valence electrons. The fourth-order valence-corrected chi connectivity index (χ4v) is 2.73. The van der Waals surface area contributed by atoms with Crippen molar-refractivity contribution in [2.45, 2.75) is 16.6 Å². The Morgan fingerprint density at radius 3 is 2.12 bits per heavy atom. The van der Waals surface area contributed by atoms with E-state index >= 15 is 0 Å². The van der Waals surface area contributed by atoms with Crippen LogP contribution >= 0.6 is 11.8 Å². The van der Waals surface area contributed by atoms with Crippen LogP contribution in [0.2, 0.25) is 0 Å². The van der Waals surface area contributed by atoms with Crippen LogP contribution in [0.1, 0.15) is 5.56 Å². The van der Waals surface area contributed by atoms with Gasteiger partial charge in [-0.15, -0.1) is 18.3 Å². The lowest BCUT2D eigenvalue weighted by Crippen LogP contribution is -2.02. The van der Waals surface area contributed by atoms with Crippen molar-refractivity contribution in [3.8, 4) is 0 Å². The molecule has 0 aliphatic rings. The Labute approximate surface area is 107 Å². The summed E-state index contributed by atoms with van der Waals surface area (Å²) in [5, 5.41) is 0.430. The molecule has 0 aliphatic heterocycles. The molecule has 0 aliphatic carbocycles. The van der Waals surface area contributed by atoms with Crippen molar-refractivity contribution < 1.29 is 0 Å². The maximum atomic E-state index is 3.93. The third kappa shape index (κ3) is 3.79. The molecule has 0 saturated carbocycles. The molecule has 2 aromatic carbocycles. The normalized spacial score (nSPS) is 12.0. The van der Waals surface area contributed by atoms with Crippen molar-refractivity contribution in [1.29, 1.82) is 0 Å². The van der Waals surface area contributed by atoms with Gasteiger partial charge in [0.05, 0.1) is 0 Å². The lowest BCUT2D eigenvalue weighted by atomic mass is 10.1. The van der Waals surface area contributed by atoms with E-state index in [0.29, 0.717) is 5.25 Å². The molecule has 0 radical (unpaired) electrons. The molecule has 0 fully saturated rings. The second kappa shape index (κ2) is 6.31. The number of hydrogen-bond acceptors (Lipinski definition) is 1. The first-order valence-electron chi connectivity index (χ1n) is 5.76. The topological polar surface area (TPSA) is 0 Å². The van der Waals surface area contributed by atoms with Crippen LogP contribution in [-0.2, 0) is 6.42 Å². The number of rotatable bonds is 5. The number of benzene rings is 2. The molecular formula is C16H16S. The lowest BCUT2D eigenvalue weighted by Gasteiger charge is -2.12. The SMILES string of the molecule is C=C[C@H](Cc1ccccc1)Sc1ccccc1. The first kappa shape index (κ1) is 12.0. The monoisotopic (exact) mass is 240 g/mol. The highest BCUT2D eigenvalue weighted by Crippen LogP contribution is 2.26. The van der Waals surface area contributed by atoms with Gasteiger partial charge in [0.1, 0.15) is 0 Å². The highest BCUT2D eigenvalue weighted by Gasteiger charge is 2.06. The van der Waals surface area contributed by atoms with E-state index < -0.39 is 0 Å². The van der Waals surface area contributed by atoms with Crippen molar-refractivity contribution >= 4 is 11.8 Å². The summed E-state index contributed by atoms with van der Waals surface area (Å²) in [6.45, 7) is 3.93. The van der Waals surface area contributed by atoms with Gasteiger partial charge in [0.25, 0.3) is 0 Å². The number of thioether (sulfide) groups is 1. The van der Waals surface area contributed by atoms with Crippen molar-refractivity contribution in [2.24, 2.45) is 0 Å². The van der Waals surface area contributed by atoms with Crippen LogP contribution in [0.5, 0.6) is 0 Å². The fourth-order valence-electron chi connectivity index (χ4n) is 1.69. The molecule has 1 atom stereocenters. The summed E-state index contributed by atoms with van der Waals surface area (Å²) < 4.78 is 0. The zero-order valence-corrected chi connectivity index (χ0v) is 10.6. The van der Waals surface area contributed by atoms with Crippen LogP contribution in [0.3, 0.4) is 0 Å². The van der Waals surface area contributed by atoms with Crippen LogP contribution in [0.25, 0.3) is 0 Å². The summed E-state index contributed by atoms with van der Waals surface area (Å²) >= 11 is 1.87. The summed E-state index contributed by atoms with van der Waals surface area (Å²) in [6.07, 6.45) is 3.06. The smallest absolute Gasteiger partial charge is 0.0312 e. The Morgan fingerprint density at radius 1 is 0.941 bits per heavy atom. The summed E-state index contributed by atoms with van der Waals surface area (Å²) in [5.41, 5.74) is 1.36. The Morgan fingerprint density at radius 2 is 1.53 bits per heavy atom. The molecule has 0 nitrogen and oxygen atoms in total. The van der Waals surface area contributed by atoms with Gasteiger partial charge in [-0.2, -0.15) is 0 Å². The van der Waals surface area contributed by atoms with Crippen LogP contribution in [-0.4, -0.2) is 5.25 Å². The van der Waals surface area contributed by atoms with Crippen molar-refractivity contribution in [3.63, 3.8) is 0 Å². The molecule has 1 heteroatoms. The third-order valence-corrected chi connectivity index (χ3v) is 3.78. The Balaban J connectivity index is 2.01. The predicted octanol–water partition coefficient (Wildman–Crippen LogP) is 4.58. The zero-order chi connectivity index (χ0) is 11.9. The van der Waals surface area contributed by atoms with Gasteiger partial charge in [-0.3, -0.25) is 0 Å². The second-order valence-electron chi connectivity index (χ2n) is 3.89. The molecular weight excluding hydrogens is 224 g/mol. The lowest BCUT2D eigenvalue weighted by molar-refractivity contribution is 1.02. The second-order valence-corrected chi connectivity index (χ2v) is 5.21. The van der Waals surface area contributed by atoms with Gasteiger partial charge < -0.3 is 0 Å². The van der Waals surface area contributed by atoms with Crippen LogP contribution < -0.4 is 0 Å². The molecule has 0 heterocycles. The first-order valence-corrected chi connectivity index (χ1v) is 6.64. The average molecular weight is 240 g/mol. The highest BCUT2D eigenvalue weighted by atomic mass is 32.2. The van der Waals surface area contributed by atoms with Crippen molar-refractivity contribution in [2.75, 3.05) is 0 Å². The minimum Gasteiger partial charge on any atom is -0.118 e. The average Bonchev–Trinajstić information content (AvgIpc) is 2.40. The molecule has 0 bridgehead atoms. The summed E-state index contributed by atoms with van der Waals surface area (Å²) in [7, 11) is 0. The maximum absolute atomic E-state index is 3.93. The molecule has 0 unspecified atom stereocenters. The van der Waals surface area contributed by atoms with Crippen LogP contribution in [0.4, 0.5) is 0 Å². The van der Waals surface area contributed by atoms with Gasteiger partial charge in [-0.05, 0) is 24.1 Å². The maximum Gasteiger partial charge on any atom is 0.0312 e. The molecule has 0 saturated heterocycles. The van der Waals surface area contributed by atoms with Gasteiger partial charge in [0.15, 0.2) is 0 Å². The van der Waals surface area contributed by atoms with Gasteiger partial charge in [0, 0.05) is 10.1 Å². The third-order valence-electron chi connectivity index (χ3n) is 2.57. The molecule has 0 spiro atoms. The van der Waals surface area contributed by atoms with Crippen molar-refractivity contribution in [3.05, 3.63) is 78.9 Å². The van der Waals surface area contributed by atoms with E-state index in [1.165, 1.54) is 10.5 Å². The summed E-state index contributed by atoms with van der Waals surface area (Å²) in [5.74, 6) is 0. The van der Waals surface area contributed by atoms with E-state index in [-0.39, 0.29) is 0 Å². The van der Waals surface area contributed by atoms with E-state index in [9.17, 15) is 0 Å². The van der Waals surface area contributed by atoms with Crippen molar-refractivity contribution in [1.82, 2.24) is 0 Å². The molecule has 0 aromatic heterocycles. The van der Waals surface area contributed by atoms with Crippen LogP contribution in [0.15, 0.2) is 78.2 Å². The molecule has 17 heavy (non-hydrogen) atoms. The van der Waals surface area contributed by atoms with Gasteiger partial charge in [-0.25, -0.2) is 0 Å². The van der Waals surface area contributed by atoms with Gasteiger partial charge >= 0.3 is 0 Å². The van der Waals surface area contributed by atoms with Crippen LogP contribution in [0, 0.1) is 0 Å². The molecule has 0 amide bonds. The van der Waals surface area contributed by atoms with Gasteiger partial charge in [-0.1, -0.05) is 54.6 Å². The Kier molecular flexibility index (Phi) is 4.45. The molecule has 0 N–H and O–H groups in total. The summed E-state index contributed by atoms with van der Waals surface area (Å²) in [6, 6.07) is 21.0. The molecule has 2 aromatic rings. The standard InChI is InChI=1S/C16H16S/c1-2-15(13-14-9-5-3-6-10-14)17-16-11-7-4-8-12-16/h2-12,15H,1,13H2/t15-/m1/s1. The minimum absolute atomic E-state index is 0.430. The predicted molar refractivity (Wildman–Crippen MR) is 76.4 cm³/mol. The fraction of sp³-hybridized carbons (Fsp3) is 0.125. The molecule has 2 rings (SSSR count). The van der Waals surface area contributed by atoms with E-state index in [1.807, 2.05) is 23.9 Å². The number of hydrogen-bond donors (Lipinski definition) is 0. The Hall–Kier alpha value is -1.47. The van der Waals surface area contributed by atoms with E-state index in [0.717, 1.165) is 6.42 Å². The zero-order valence-electron chi connectivity index (χ0n) is 9.75.